The highest BCUT2D eigenvalue weighted by Crippen LogP contribution is 2.19. The Hall–Kier alpha value is -2.30. The zero-order chi connectivity index (χ0) is 12.4. The second kappa shape index (κ2) is 4.29. The molecule has 0 aliphatic heterocycles. The minimum atomic E-state index is -0.845. The third kappa shape index (κ3) is 2.28. The molecule has 2 aromatic rings. The molecule has 0 bridgehead atoms. The molecule has 0 aliphatic carbocycles. The monoisotopic (exact) mass is 231 g/mol. The number of nitrogens with zero attached hydrogens (tertiary/aromatic N) is 2. The molecule has 0 amide bonds. The van der Waals surface area contributed by atoms with Crippen LogP contribution in [0, 0.1) is 0 Å². The maximum absolute atomic E-state index is 10.9. The Morgan fingerprint density at radius 2 is 2.24 bits per heavy atom. The van der Waals surface area contributed by atoms with Crippen molar-refractivity contribution in [1.29, 1.82) is 0 Å². The lowest BCUT2D eigenvalue weighted by molar-refractivity contribution is -0.138. The number of carboxylic acids is 1. The Balaban J connectivity index is 2.38. The fraction of sp³-hybridized carbons (Fsp3) is 0.167. The van der Waals surface area contributed by atoms with Crippen LogP contribution in [0.25, 0.3) is 5.69 Å². The molecule has 5 nitrogen and oxygen atoms in total. The van der Waals surface area contributed by atoms with Gasteiger partial charge in [0.25, 0.3) is 0 Å². The van der Waals surface area contributed by atoms with Crippen LogP contribution >= 0.6 is 0 Å². The fourth-order valence-electron chi connectivity index (χ4n) is 1.56. The third-order valence-electron chi connectivity index (χ3n) is 2.61. The van der Waals surface area contributed by atoms with Gasteiger partial charge < -0.3 is 10.8 Å². The standard InChI is InChI=1S/C12H13N3O2/c1-8(12(16)17)9-3-2-4-10(7-9)15-6-5-11(13)14-15/h2-8H,1H3,(H2,13,14)(H,16,17). The van der Waals surface area contributed by atoms with Crippen molar-refractivity contribution in [2.75, 3.05) is 5.73 Å². The van der Waals surface area contributed by atoms with Gasteiger partial charge in [0, 0.05) is 12.3 Å². The highest BCUT2D eigenvalue weighted by Gasteiger charge is 2.14. The van der Waals surface area contributed by atoms with Crippen LogP contribution in [-0.4, -0.2) is 20.9 Å². The van der Waals surface area contributed by atoms with Gasteiger partial charge in [-0.2, -0.15) is 5.10 Å². The Bertz CT molecular complexity index is 548. The van der Waals surface area contributed by atoms with Gasteiger partial charge >= 0.3 is 5.97 Å². The summed E-state index contributed by atoms with van der Waals surface area (Å²) in [6, 6.07) is 8.93. The van der Waals surface area contributed by atoms with Crippen molar-refractivity contribution in [2.45, 2.75) is 12.8 Å². The first-order valence-electron chi connectivity index (χ1n) is 5.22. The molecule has 0 fully saturated rings. The number of nitrogen functional groups attached to an aromatic ring is 1. The van der Waals surface area contributed by atoms with Gasteiger partial charge in [0.2, 0.25) is 0 Å². The molecule has 0 radical (unpaired) electrons. The molecule has 1 aromatic heterocycles. The Labute approximate surface area is 98.5 Å². The van der Waals surface area contributed by atoms with E-state index in [0.29, 0.717) is 5.82 Å². The molecule has 0 saturated heterocycles. The van der Waals surface area contributed by atoms with Crippen molar-refractivity contribution in [3.8, 4) is 5.69 Å². The van der Waals surface area contributed by atoms with E-state index in [9.17, 15) is 4.79 Å². The van der Waals surface area contributed by atoms with Gasteiger partial charge in [-0.05, 0) is 24.6 Å². The molecule has 1 heterocycles. The van der Waals surface area contributed by atoms with Crippen molar-refractivity contribution < 1.29 is 9.90 Å². The molecular weight excluding hydrogens is 218 g/mol. The molecule has 0 aliphatic rings. The normalized spacial score (nSPS) is 12.3. The van der Waals surface area contributed by atoms with E-state index in [1.165, 1.54) is 0 Å². The smallest absolute Gasteiger partial charge is 0.310 e. The number of rotatable bonds is 3. The summed E-state index contributed by atoms with van der Waals surface area (Å²) >= 11 is 0. The second-order valence-corrected chi connectivity index (χ2v) is 3.84. The zero-order valence-electron chi connectivity index (χ0n) is 9.37. The summed E-state index contributed by atoms with van der Waals surface area (Å²) in [6.45, 7) is 1.65. The molecule has 0 saturated carbocycles. The van der Waals surface area contributed by atoms with Gasteiger partial charge in [-0.25, -0.2) is 4.68 Å². The van der Waals surface area contributed by atoms with Gasteiger partial charge in [-0.3, -0.25) is 4.79 Å². The summed E-state index contributed by atoms with van der Waals surface area (Å²) in [5.74, 6) is -0.952. The molecule has 2 rings (SSSR count). The van der Waals surface area contributed by atoms with Gasteiger partial charge in [-0.15, -0.1) is 0 Å². The minimum Gasteiger partial charge on any atom is -0.481 e. The first-order valence-corrected chi connectivity index (χ1v) is 5.22. The summed E-state index contributed by atoms with van der Waals surface area (Å²) < 4.78 is 1.62. The third-order valence-corrected chi connectivity index (χ3v) is 2.61. The van der Waals surface area contributed by atoms with Crippen LogP contribution in [0.1, 0.15) is 18.4 Å². The van der Waals surface area contributed by atoms with Crippen LogP contribution in [-0.2, 0) is 4.79 Å². The molecule has 1 atom stereocenters. The minimum absolute atomic E-state index is 0.432. The highest BCUT2D eigenvalue weighted by atomic mass is 16.4. The molecule has 17 heavy (non-hydrogen) atoms. The SMILES string of the molecule is CC(C(=O)O)c1cccc(-n2ccc(N)n2)c1. The van der Waals surface area contributed by atoms with Crippen molar-refractivity contribution in [1.82, 2.24) is 9.78 Å². The largest absolute Gasteiger partial charge is 0.481 e. The lowest BCUT2D eigenvalue weighted by atomic mass is 10.0. The topological polar surface area (TPSA) is 81.1 Å². The average Bonchev–Trinajstić information content (AvgIpc) is 2.75. The Morgan fingerprint density at radius 1 is 1.47 bits per heavy atom. The molecule has 1 aromatic carbocycles. The van der Waals surface area contributed by atoms with Crippen molar-refractivity contribution in [3.05, 3.63) is 42.1 Å². The second-order valence-electron chi connectivity index (χ2n) is 3.84. The highest BCUT2D eigenvalue weighted by molar-refractivity contribution is 5.75. The van der Waals surface area contributed by atoms with Crippen LogP contribution in [0.3, 0.4) is 0 Å². The molecule has 5 heteroatoms. The van der Waals surface area contributed by atoms with Gasteiger partial charge in [0.1, 0.15) is 5.82 Å². The summed E-state index contributed by atoms with van der Waals surface area (Å²) in [4.78, 5) is 10.9. The molecular formula is C12H13N3O2. The molecule has 0 spiro atoms. The Kier molecular flexibility index (Phi) is 2.82. The number of hydrogen-bond acceptors (Lipinski definition) is 3. The lowest BCUT2D eigenvalue weighted by Gasteiger charge is -2.08. The summed E-state index contributed by atoms with van der Waals surface area (Å²) in [6.07, 6.45) is 1.74. The van der Waals surface area contributed by atoms with Crippen molar-refractivity contribution in [3.63, 3.8) is 0 Å². The summed E-state index contributed by atoms with van der Waals surface area (Å²) in [5.41, 5.74) is 7.07. The molecule has 3 N–H and O–H groups in total. The average molecular weight is 231 g/mol. The fourth-order valence-corrected chi connectivity index (χ4v) is 1.56. The van der Waals surface area contributed by atoms with Crippen LogP contribution in [0.5, 0.6) is 0 Å². The summed E-state index contributed by atoms with van der Waals surface area (Å²) in [7, 11) is 0. The molecule has 88 valence electrons. The number of hydrogen-bond donors (Lipinski definition) is 2. The lowest BCUT2D eigenvalue weighted by Crippen LogP contribution is -2.08. The first-order chi connectivity index (χ1) is 8.08. The Morgan fingerprint density at radius 3 is 2.82 bits per heavy atom. The van der Waals surface area contributed by atoms with E-state index in [4.69, 9.17) is 10.8 Å². The van der Waals surface area contributed by atoms with E-state index >= 15 is 0 Å². The number of aromatic nitrogens is 2. The van der Waals surface area contributed by atoms with Crippen LogP contribution in [0.4, 0.5) is 5.82 Å². The zero-order valence-corrected chi connectivity index (χ0v) is 9.37. The van der Waals surface area contributed by atoms with E-state index in [-0.39, 0.29) is 0 Å². The van der Waals surface area contributed by atoms with E-state index in [0.717, 1.165) is 11.3 Å². The first kappa shape index (κ1) is 11.2. The predicted octanol–water partition coefficient (Wildman–Crippen LogP) is 1.64. The van der Waals surface area contributed by atoms with E-state index in [1.807, 2.05) is 12.1 Å². The number of anilines is 1. The van der Waals surface area contributed by atoms with Crippen LogP contribution < -0.4 is 5.73 Å². The number of benzene rings is 1. The van der Waals surface area contributed by atoms with Crippen LogP contribution in [0.2, 0.25) is 0 Å². The van der Waals surface area contributed by atoms with Crippen molar-refractivity contribution >= 4 is 11.8 Å². The van der Waals surface area contributed by atoms with E-state index in [2.05, 4.69) is 5.10 Å². The number of nitrogens with two attached hydrogens (primary N) is 1. The number of carboxylic acid groups (broad SMARTS) is 1. The number of aliphatic carboxylic acids is 1. The van der Waals surface area contributed by atoms with Gasteiger partial charge in [0.15, 0.2) is 0 Å². The maximum Gasteiger partial charge on any atom is 0.310 e. The predicted molar refractivity (Wildman–Crippen MR) is 64.0 cm³/mol. The maximum atomic E-state index is 10.9. The number of carbonyl (C=O) groups is 1. The van der Waals surface area contributed by atoms with Gasteiger partial charge in [0.05, 0.1) is 11.6 Å². The van der Waals surface area contributed by atoms with Gasteiger partial charge in [-0.1, -0.05) is 12.1 Å². The van der Waals surface area contributed by atoms with Crippen LogP contribution in [0.15, 0.2) is 36.5 Å². The van der Waals surface area contributed by atoms with E-state index < -0.39 is 11.9 Å². The van der Waals surface area contributed by atoms with Crippen molar-refractivity contribution in [2.24, 2.45) is 0 Å². The molecule has 1 unspecified atom stereocenters. The summed E-state index contributed by atoms with van der Waals surface area (Å²) in [5, 5.41) is 13.0. The van der Waals surface area contributed by atoms with E-state index in [1.54, 1.807) is 36.0 Å². The quantitative estimate of drug-likeness (QED) is 0.841.